The van der Waals surface area contributed by atoms with Gasteiger partial charge in [0.1, 0.15) is 6.17 Å². The zero-order chi connectivity index (χ0) is 14.8. The van der Waals surface area contributed by atoms with Crippen molar-refractivity contribution in [1.29, 1.82) is 0 Å². The number of primary amides is 1. The van der Waals surface area contributed by atoms with Crippen LogP contribution in [0, 0.1) is 0 Å². The quantitative estimate of drug-likeness (QED) is 0.893. The number of nitrogens with one attached hydrogen (secondary N) is 1. The van der Waals surface area contributed by atoms with Gasteiger partial charge in [-0.15, -0.1) is 0 Å². The van der Waals surface area contributed by atoms with Crippen molar-refractivity contribution >= 4 is 17.5 Å². The Morgan fingerprint density at radius 2 is 1.76 bits per heavy atom. The van der Waals surface area contributed by atoms with Crippen molar-refractivity contribution in [1.82, 2.24) is 5.32 Å². The molecular weight excluding hydrogens is 266 g/mol. The van der Waals surface area contributed by atoms with E-state index in [0.29, 0.717) is 11.3 Å². The van der Waals surface area contributed by atoms with Gasteiger partial charge in [-0.1, -0.05) is 42.5 Å². The average molecular weight is 281 g/mol. The number of carbonyl (C=O) groups excluding carboxylic acids is 2. The topological polar surface area (TPSA) is 75.4 Å². The molecule has 5 heteroatoms. The standard InChI is InChI=1S/C16H15N3O2/c17-14(20)10-19-13-9-5-4-8-12(13)16(21)18-15(19)11-6-2-1-3-7-11/h1-9,15H,10H2,(H2,17,20)(H,18,21)/t15-/m0/s1. The van der Waals surface area contributed by atoms with E-state index in [0.717, 1.165) is 5.56 Å². The molecule has 0 aromatic heterocycles. The van der Waals surface area contributed by atoms with Crippen LogP contribution in [0.15, 0.2) is 54.6 Å². The molecule has 0 bridgehead atoms. The minimum atomic E-state index is -0.443. The fourth-order valence-corrected chi connectivity index (χ4v) is 2.58. The van der Waals surface area contributed by atoms with Crippen LogP contribution in [-0.2, 0) is 4.79 Å². The summed E-state index contributed by atoms with van der Waals surface area (Å²) in [5.41, 5.74) is 7.53. The highest BCUT2D eigenvalue weighted by molar-refractivity contribution is 6.02. The van der Waals surface area contributed by atoms with E-state index in [1.807, 2.05) is 47.4 Å². The molecule has 0 spiro atoms. The number of nitrogens with two attached hydrogens (primary N) is 1. The molecule has 2 aromatic rings. The van der Waals surface area contributed by atoms with E-state index in [-0.39, 0.29) is 12.5 Å². The number of anilines is 1. The Hall–Kier alpha value is -2.82. The Bertz CT molecular complexity index is 685. The van der Waals surface area contributed by atoms with Crippen molar-refractivity contribution in [3.8, 4) is 0 Å². The van der Waals surface area contributed by atoms with Gasteiger partial charge in [-0.3, -0.25) is 9.59 Å². The van der Waals surface area contributed by atoms with E-state index in [9.17, 15) is 9.59 Å². The van der Waals surface area contributed by atoms with Crippen molar-refractivity contribution in [2.45, 2.75) is 6.17 Å². The van der Waals surface area contributed by atoms with E-state index >= 15 is 0 Å². The lowest BCUT2D eigenvalue weighted by molar-refractivity contribution is -0.116. The fraction of sp³-hybridized carbons (Fsp3) is 0.125. The van der Waals surface area contributed by atoms with Crippen LogP contribution in [0.25, 0.3) is 0 Å². The highest BCUT2D eigenvalue weighted by atomic mass is 16.2. The Balaban J connectivity index is 2.08. The molecule has 0 saturated heterocycles. The van der Waals surface area contributed by atoms with Gasteiger partial charge >= 0.3 is 0 Å². The molecule has 0 saturated carbocycles. The second kappa shape index (κ2) is 5.28. The van der Waals surface area contributed by atoms with Gasteiger partial charge < -0.3 is 16.0 Å². The summed E-state index contributed by atoms with van der Waals surface area (Å²) in [6, 6.07) is 16.7. The van der Waals surface area contributed by atoms with Crippen LogP contribution in [0.5, 0.6) is 0 Å². The van der Waals surface area contributed by atoms with Crippen molar-refractivity contribution in [2.75, 3.05) is 11.4 Å². The first-order valence-electron chi connectivity index (χ1n) is 6.66. The molecule has 0 aliphatic carbocycles. The summed E-state index contributed by atoms with van der Waals surface area (Å²) in [7, 11) is 0. The van der Waals surface area contributed by atoms with Gasteiger partial charge in [0, 0.05) is 0 Å². The van der Waals surface area contributed by atoms with Crippen LogP contribution in [0.3, 0.4) is 0 Å². The largest absolute Gasteiger partial charge is 0.368 e. The molecule has 1 aliphatic heterocycles. The summed E-state index contributed by atoms with van der Waals surface area (Å²) in [4.78, 5) is 25.5. The van der Waals surface area contributed by atoms with Crippen LogP contribution in [0.1, 0.15) is 22.1 Å². The lowest BCUT2D eigenvalue weighted by Crippen LogP contribution is -2.49. The fourth-order valence-electron chi connectivity index (χ4n) is 2.58. The predicted molar refractivity (Wildman–Crippen MR) is 79.6 cm³/mol. The zero-order valence-corrected chi connectivity index (χ0v) is 11.3. The number of hydrogen-bond donors (Lipinski definition) is 2. The van der Waals surface area contributed by atoms with Crippen molar-refractivity contribution in [3.63, 3.8) is 0 Å². The lowest BCUT2D eigenvalue weighted by atomic mass is 10.0. The van der Waals surface area contributed by atoms with Gasteiger partial charge in [0.2, 0.25) is 5.91 Å². The van der Waals surface area contributed by atoms with E-state index in [1.54, 1.807) is 12.1 Å². The van der Waals surface area contributed by atoms with Crippen LogP contribution >= 0.6 is 0 Å². The van der Waals surface area contributed by atoms with Crippen LogP contribution < -0.4 is 16.0 Å². The first kappa shape index (κ1) is 13.2. The SMILES string of the molecule is NC(=O)CN1c2ccccc2C(=O)N[C@@H]1c1ccccc1. The first-order chi connectivity index (χ1) is 10.2. The number of amides is 2. The second-order valence-corrected chi connectivity index (χ2v) is 4.90. The summed E-state index contributed by atoms with van der Waals surface area (Å²) < 4.78 is 0. The number of para-hydroxylation sites is 1. The number of carbonyl (C=O) groups is 2. The highest BCUT2D eigenvalue weighted by Crippen LogP contribution is 2.32. The Morgan fingerprint density at radius 3 is 2.48 bits per heavy atom. The molecule has 2 aromatic carbocycles. The van der Waals surface area contributed by atoms with Gasteiger partial charge in [0.15, 0.2) is 0 Å². The highest BCUT2D eigenvalue weighted by Gasteiger charge is 2.32. The number of benzene rings is 2. The van der Waals surface area contributed by atoms with Crippen molar-refractivity contribution < 1.29 is 9.59 Å². The molecule has 1 aliphatic rings. The van der Waals surface area contributed by atoms with Gasteiger partial charge in [-0.05, 0) is 17.7 Å². The molecule has 0 radical (unpaired) electrons. The maximum Gasteiger partial charge on any atom is 0.255 e. The second-order valence-electron chi connectivity index (χ2n) is 4.90. The Kier molecular flexibility index (Phi) is 3.31. The van der Waals surface area contributed by atoms with Crippen molar-refractivity contribution in [3.05, 3.63) is 65.7 Å². The molecule has 2 amide bonds. The van der Waals surface area contributed by atoms with Gasteiger partial charge in [-0.2, -0.15) is 0 Å². The molecule has 5 nitrogen and oxygen atoms in total. The van der Waals surface area contributed by atoms with E-state index in [4.69, 9.17) is 5.73 Å². The monoisotopic (exact) mass is 281 g/mol. The van der Waals surface area contributed by atoms with Gasteiger partial charge in [0.25, 0.3) is 5.91 Å². The van der Waals surface area contributed by atoms with Crippen LogP contribution in [0.2, 0.25) is 0 Å². The minimum Gasteiger partial charge on any atom is -0.368 e. The van der Waals surface area contributed by atoms with Crippen molar-refractivity contribution in [2.24, 2.45) is 5.73 Å². The smallest absolute Gasteiger partial charge is 0.255 e. The van der Waals surface area contributed by atoms with Gasteiger partial charge in [0.05, 0.1) is 17.8 Å². The summed E-state index contributed by atoms with van der Waals surface area (Å²) in [6.45, 7) is 0.0385. The molecule has 1 heterocycles. The summed E-state index contributed by atoms with van der Waals surface area (Å²) in [5.74, 6) is -0.595. The summed E-state index contributed by atoms with van der Waals surface area (Å²) >= 11 is 0. The molecule has 106 valence electrons. The minimum absolute atomic E-state index is 0.0385. The summed E-state index contributed by atoms with van der Waals surface area (Å²) in [5, 5.41) is 2.92. The molecule has 3 rings (SSSR count). The third-order valence-electron chi connectivity index (χ3n) is 3.48. The zero-order valence-electron chi connectivity index (χ0n) is 11.3. The summed E-state index contributed by atoms with van der Waals surface area (Å²) in [6.07, 6.45) is -0.402. The molecular formula is C16H15N3O2. The third kappa shape index (κ3) is 2.45. The van der Waals surface area contributed by atoms with Crippen LogP contribution in [0.4, 0.5) is 5.69 Å². The number of nitrogens with zero attached hydrogens (tertiary/aromatic N) is 1. The number of rotatable bonds is 3. The molecule has 0 fully saturated rings. The molecule has 1 atom stereocenters. The number of fused-ring (bicyclic) bond motifs is 1. The Labute approximate surface area is 122 Å². The molecule has 0 unspecified atom stereocenters. The maximum atomic E-state index is 12.2. The van der Waals surface area contributed by atoms with Gasteiger partial charge in [-0.25, -0.2) is 0 Å². The van der Waals surface area contributed by atoms with E-state index in [2.05, 4.69) is 5.32 Å². The molecule has 3 N–H and O–H groups in total. The maximum absolute atomic E-state index is 12.2. The molecule has 21 heavy (non-hydrogen) atoms. The van der Waals surface area contributed by atoms with Crippen LogP contribution in [-0.4, -0.2) is 18.4 Å². The first-order valence-corrected chi connectivity index (χ1v) is 6.66. The van der Waals surface area contributed by atoms with E-state index < -0.39 is 12.1 Å². The average Bonchev–Trinajstić information content (AvgIpc) is 2.50. The normalized spacial score (nSPS) is 17.0. The lowest BCUT2D eigenvalue weighted by Gasteiger charge is -2.38. The van der Waals surface area contributed by atoms with E-state index in [1.165, 1.54) is 0 Å². The third-order valence-corrected chi connectivity index (χ3v) is 3.48. The Morgan fingerprint density at radius 1 is 1.10 bits per heavy atom. The number of hydrogen-bond acceptors (Lipinski definition) is 3. The predicted octanol–water partition coefficient (Wildman–Crippen LogP) is 1.42.